The molecule has 3 heterocycles. The second kappa shape index (κ2) is 8.85. The van der Waals surface area contributed by atoms with Gasteiger partial charge in [0.2, 0.25) is 0 Å². The zero-order chi connectivity index (χ0) is 25.6. The maximum Gasteiger partial charge on any atom is 0.416 e. The molecule has 0 bridgehead atoms. The van der Waals surface area contributed by atoms with Crippen molar-refractivity contribution in [3.8, 4) is 5.69 Å². The Kier molecular flexibility index (Phi) is 5.82. The molecule has 0 atom stereocenters. The molecule has 1 N–H and O–H groups in total. The third-order valence-electron chi connectivity index (χ3n) is 6.07. The summed E-state index contributed by atoms with van der Waals surface area (Å²) in [5, 5.41) is 8.95. The van der Waals surface area contributed by atoms with Gasteiger partial charge in [-0.2, -0.15) is 18.3 Å². The highest BCUT2D eigenvalue weighted by atomic mass is 19.4. The van der Waals surface area contributed by atoms with E-state index in [2.05, 4.69) is 15.4 Å². The van der Waals surface area contributed by atoms with E-state index in [0.29, 0.717) is 28.5 Å². The van der Waals surface area contributed by atoms with Gasteiger partial charge in [0.1, 0.15) is 5.76 Å². The third-order valence-corrected chi connectivity index (χ3v) is 6.07. The molecule has 0 spiro atoms. The van der Waals surface area contributed by atoms with Crippen molar-refractivity contribution in [2.75, 3.05) is 0 Å². The largest absolute Gasteiger partial charge is 0.444 e. The van der Waals surface area contributed by atoms with Crippen LogP contribution in [0.25, 0.3) is 27.6 Å². The van der Waals surface area contributed by atoms with Gasteiger partial charge in [-0.3, -0.25) is 14.0 Å². The summed E-state index contributed by atoms with van der Waals surface area (Å²) in [6, 6.07) is 10.2. The van der Waals surface area contributed by atoms with Crippen LogP contribution in [-0.4, -0.2) is 25.2 Å². The van der Waals surface area contributed by atoms with E-state index in [1.165, 1.54) is 12.1 Å². The first kappa shape index (κ1) is 23.7. The number of benzene rings is 2. The van der Waals surface area contributed by atoms with Gasteiger partial charge in [0, 0.05) is 41.7 Å². The average Bonchev–Trinajstić information content (AvgIpc) is 3.47. The minimum absolute atomic E-state index is 0.217. The number of aromatic nitrogens is 4. The van der Waals surface area contributed by atoms with E-state index in [4.69, 9.17) is 4.42 Å². The lowest BCUT2D eigenvalue weighted by atomic mass is 10.1. The van der Waals surface area contributed by atoms with Gasteiger partial charge in [-0.1, -0.05) is 6.92 Å². The van der Waals surface area contributed by atoms with Crippen LogP contribution >= 0.6 is 0 Å². The molecule has 7 nitrogen and oxygen atoms in total. The van der Waals surface area contributed by atoms with Crippen molar-refractivity contribution in [1.82, 2.24) is 24.6 Å². The number of nitrogens with zero attached hydrogens (tertiary/aromatic N) is 4. The molecule has 186 valence electrons. The molecule has 0 radical (unpaired) electrons. The van der Waals surface area contributed by atoms with E-state index in [1.54, 1.807) is 34.5 Å². The van der Waals surface area contributed by atoms with Crippen LogP contribution < -0.4 is 5.32 Å². The minimum atomic E-state index is -4.41. The highest BCUT2D eigenvalue weighted by Crippen LogP contribution is 2.34. The molecule has 0 aliphatic carbocycles. The summed E-state index contributed by atoms with van der Waals surface area (Å²) in [5.74, 6) is 1.00. The summed E-state index contributed by atoms with van der Waals surface area (Å²) < 4.78 is 48.3. The van der Waals surface area contributed by atoms with E-state index < -0.39 is 11.7 Å². The monoisotopic (exact) mass is 495 g/mol. The van der Waals surface area contributed by atoms with Crippen molar-refractivity contribution in [3.63, 3.8) is 0 Å². The summed E-state index contributed by atoms with van der Waals surface area (Å²) in [5.41, 5.74) is 2.35. The van der Waals surface area contributed by atoms with Gasteiger partial charge in [-0.25, -0.2) is 4.98 Å². The van der Waals surface area contributed by atoms with Gasteiger partial charge in [0.25, 0.3) is 5.91 Å². The van der Waals surface area contributed by atoms with Crippen molar-refractivity contribution < 1.29 is 22.4 Å². The fourth-order valence-electron chi connectivity index (χ4n) is 4.33. The maximum atomic E-state index is 13.1. The zero-order valence-corrected chi connectivity index (χ0v) is 20.0. The number of halogens is 3. The van der Waals surface area contributed by atoms with Gasteiger partial charge in [-0.05, 0) is 55.8 Å². The van der Waals surface area contributed by atoms with Gasteiger partial charge in [0.15, 0.2) is 11.5 Å². The van der Waals surface area contributed by atoms with E-state index in [9.17, 15) is 18.0 Å². The van der Waals surface area contributed by atoms with Crippen LogP contribution in [0.1, 0.15) is 46.6 Å². The van der Waals surface area contributed by atoms with Crippen molar-refractivity contribution in [2.45, 2.75) is 39.4 Å². The van der Waals surface area contributed by atoms with Crippen molar-refractivity contribution >= 4 is 27.8 Å². The molecule has 5 aromatic rings. The van der Waals surface area contributed by atoms with Crippen LogP contribution in [0.5, 0.6) is 0 Å². The van der Waals surface area contributed by atoms with Gasteiger partial charge in [0.05, 0.1) is 23.3 Å². The lowest BCUT2D eigenvalue weighted by Crippen LogP contribution is -2.22. The number of amides is 1. The molecule has 2 aromatic carbocycles. The molecule has 10 heteroatoms. The number of hydrogen-bond acceptors (Lipinski definition) is 4. The summed E-state index contributed by atoms with van der Waals surface area (Å²) in [7, 11) is 1.77. The average molecular weight is 496 g/mol. The molecule has 0 aliphatic heterocycles. The van der Waals surface area contributed by atoms with Crippen LogP contribution in [-0.2, 0) is 26.2 Å². The highest BCUT2D eigenvalue weighted by molar-refractivity contribution is 6.10. The molecule has 0 saturated carbocycles. The summed E-state index contributed by atoms with van der Waals surface area (Å²) in [4.78, 5) is 17.3. The van der Waals surface area contributed by atoms with Crippen LogP contribution in [0.4, 0.5) is 13.2 Å². The van der Waals surface area contributed by atoms with Gasteiger partial charge >= 0.3 is 6.18 Å². The number of rotatable bonds is 6. The standard InChI is InChI=1S/C26H24F3N5O2/c1-4-5-23-31-15(2)22(36-23)13-30-25(35)16-6-11-21-19(12-16)20-14-33(3)32-24(20)34(21)18-9-7-17(8-10-18)26(27,28)29/h6-12,14H,4-5,13H2,1-3H3,(H,30,35). The number of carbonyl (C=O) groups excluding carboxylic acids is 1. The number of carbonyl (C=O) groups is 1. The first-order valence-corrected chi connectivity index (χ1v) is 11.5. The van der Waals surface area contributed by atoms with Crippen molar-refractivity contribution in [1.29, 1.82) is 0 Å². The normalized spacial score (nSPS) is 12.1. The van der Waals surface area contributed by atoms with Gasteiger partial charge in [-0.15, -0.1) is 0 Å². The molecule has 36 heavy (non-hydrogen) atoms. The van der Waals surface area contributed by atoms with Crippen molar-refractivity contribution in [2.24, 2.45) is 7.05 Å². The van der Waals surface area contributed by atoms with Gasteiger partial charge < -0.3 is 9.73 Å². The Morgan fingerprint density at radius 3 is 2.56 bits per heavy atom. The van der Waals surface area contributed by atoms with E-state index >= 15 is 0 Å². The first-order valence-electron chi connectivity index (χ1n) is 11.5. The summed E-state index contributed by atoms with van der Waals surface area (Å²) in [6.07, 6.45) is -0.933. The van der Waals surface area contributed by atoms with Crippen LogP contribution in [0.15, 0.2) is 53.1 Å². The Morgan fingerprint density at radius 1 is 1.11 bits per heavy atom. The smallest absolute Gasteiger partial charge is 0.416 e. The second-order valence-electron chi connectivity index (χ2n) is 8.70. The fourth-order valence-corrected chi connectivity index (χ4v) is 4.33. The van der Waals surface area contributed by atoms with Crippen LogP contribution in [0.3, 0.4) is 0 Å². The molecule has 0 fully saturated rings. The molecule has 3 aromatic heterocycles. The molecule has 0 saturated heterocycles. The van der Waals surface area contributed by atoms with Crippen LogP contribution in [0.2, 0.25) is 0 Å². The predicted molar refractivity (Wildman–Crippen MR) is 129 cm³/mol. The van der Waals surface area contributed by atoms with E-state index in [1.807, 2.05) is 20.0 Å². The highest BCUT2D eigenvalue weighted by Gasteiger charge is 2.30. The Labute approximate surface area is 204 Å². The number of hydrogen-bond donors (Lipinski definition) is 1. The quantitative estimate of drug-likeness (QED) is 0.327. The number of fused-ring (bicyclic) bond motifs is 3. The zero-order valence-electron chi connectivity index (χ0n) is 20.0. The van der Waals surface area contributed by atoms with Crippen molar-refractivity contribution in [3.05, 3.63) is 77.1 Å². The summed E-state index contributed by atoms with van der Waals surface area (Å²) in [6.45, 7) is 4.11. The third kappa shape index (κ3) is 4.23. The minimum Gasteiger partial charge on any atom is -0.444 e. The Hall–Kier alpha value is -4.08. The number of nitrogens with one attached hydrogen (secondary N) is 1. The Morgan fingerprint density at radius 2 is 1.86 bits per heavy atom. The molecule has 0 aliphatic rings. The van der Waals surface area contributed by atoms with E-state index in [-0.39, 0.29) is 12.5 Å². The second-order valence-corrected chi connectivity index (χ2v) is 8.70. The molecular formula is C26H24F3N5O2. The molecule has 5 rings (SSSR count). The maximum absolute atomic E-state index is 13.1. The first-order chi connectivity index (χ1) is 17.2. The lowest BCUT2D eigenvalue weighted by Gasteiger charge is -2.10. The topological polar surface area (TPSA) is 77.9 Å². The molecule has 1 amide bonds. The number of alkyl halides is 3. The molecule has 0 unspecified atom stereocenters. The fraction of sp³-hybridized carbons (Fsp3) is 0.269. The molecular weight excluding hydrogens is 471 g/mol. The van der Waals surface area contributed by atoms with Crippen LogP contribution in [0, 0.1) is 6.92 Å². The van der Waals surface area contributed by atoms with E-state index in [0.717, 1.165) is 47.0 Å². The number of aryl methyl sites for hydroxylation is 3. The predicted octanol–water partition coefficient (Wildman–Crippen LogP) is 5.71. The number of oxazole rings is 1. The lowest BCUT2D eigenvalue weighted by molar-refractivity contribution is -0.137. The Bertz CT molecular complexity index is 1580. The Balaban J connectivity index is 1.48. The summed E-state index contributed by atoms with van der Waals surface area (Å²) >= 11 is 0. The SMILES string of the molecule is CCCc1nc(C)c(CNC(=O)c2ccc3c(c2)c2cn(C)nc2n3-c2ccc(C(F)(F)F)cc2)o1.